The van der Waals surface area contributed by atoms with Gasteiger partial charge in [0.25, 0.3) is 5.91 Å². The number of benzene rings is 2. The van der Waals surface area contributed by atoms with Crippen LogP contribution in [-0.4, -0.2) is 26.1 Å². The molecule has 0 saturated heterocycles. The highest BCUT2D eigenvalue weighted by Crippen LogP contribution is 2.18. The number of carbonyl (C=O) groups excluding carboxylic acids is 1. The Hall–Kier alpha value is -3.09. The third-order valence-electron chi connectivity index (χ3n) is 3.11. The van der Waals surface area contributed by atoms with E-state index in [1.165, 1.54) is 18.2 Å². The summed E-state index contributed by atoms with van der Waals surface area (Å²) in [6.07, 6.45) is 0. The normalized spacial score (nSPS) is 10.5. The molecule has 0 aliphatic rings. The fourth-order valence-corrected chi connectivity index (χ4v) is 2.01. The van der Waals surface area contributed by atoms with Crippen LogP contribution in [0.5, 0.6) is 0 Å². The predicted molar refractivity (Wildman–Crippen MR) is 78.6 cm³/mol. The molecule has 0 bridgehead atoms. The molecule has 0 spiro atoms. The summed E-state index contributed by atoms with van der Waals surface area (Å²) in [7, 11) is 1.75. The van der Waals surface area contributed by atoms with Crippen molar-refractivity contribution in [1.29, 1.82) is 0 Å². The number of nitrogens with zero attached hydrogens (tertiary/aromatic N) is 4. The molecule has 22 heavy (non-hydrogen) atoms. The van der Waals surface area contributed by atoms with Crippen molar-refractivity contribution in [3.63, 3.8) is 0 Å². The number of rotatable bonds is 3. The van der Waals surface area contributed by atoms with E-state index in [0.717, 1.165) is 5.56 Å². The number of aryl methyl sites for hydroxylation is 1. The number of anilines is 1. The molecule has 3 rings (SSSR count). The molecule has 7 heteroatoms. The van der Waals surface area contributed by atoms with Crippen LogP contribution in [0.1, 0.15) is 10.4 Å². The standard InChI is InChI=1S/C15H12FN5O/c1-21-14(18-19-20-21)10-5-7-13(8-6-10)17-15(22)11-3-2-4-12(16)9-11/h2-9H,1H3,(H,17,22). The van der Waals surface area contributed by atoms with Crippen LogP contribution in [0.25, 0.3) is 11.4 Å². The molecule has 1 aromatic heterocycles. The lowest BCUT2D eigenvalue weighted by Gasteiger charge is -2.06. The minimum atomic E-state index is -0.446. The number of halogens is 1. The van der Waals surface area contributed by atoms with Gasteiger partial charge in [-0.2, -0.15) is 0 Å². The summed E-state index contributed by atoms with van der Waals surface area (Å²) < 4.78 is 14.7. The molecule has 0 radical (unpaired) electrons. The van der Waals surface area contributed by atoms with E-state index in [4.69, 9.17) is 0 Å². The highest BCUT2D eigenvalue weighted by atomic mass is 19.1. The second-order valence-electron chi connectivity index (χ2n) is 4.67. The van der Waals surface area contributed by atoms with E-state index in [1.807, 2.05) is 0 Å². The van der Waals surface area contributed by atoms with Crippen molar-refractivity contribution in [3.05, 3.63) is 59.9 Å². The third kappa shape index (κ3) is 2.83. The predicted octanol–water partition coefficient (Wildman–Crippen LogP) is 2.27. The van der Waals surface area contributed by atoms with Crippen LogP contribution in [0, 0.1) is 5.82 Å². The average Bonchev–Trinajstić information content (AvgIpc) is 2.94. The fraction of sp³-hybridized carbons (Fsp3) is 0.0667. The molecule has 2 aromatic carbocycles. The molecule has 0 fully saturated rings. The van der Waals surface area contributed by atoms with Crippen LogP contribution in [0.3, 0.4) is 0 Å². The zero-order chi connectivity index (χ0) is 15.5. The van der Waals surface area contributed by atoms with Gasteiger partial charge in [-0.3, -0.25) is 4.79 Å². The van der Waals surface area contributed by atoms with Crippen LogP contribution >= 0.6 is 0 Å². The Balaban J connectivity index is 1.76. The van der Waals surface area contributed by atoms with Crippen molar-refractivity contribution in [3.8, 4) is 11.4 Å². The van der Waals surface area contributed by atoms with E-state index < -0.39 is 5.82 Å². The van der Waals surface area contributed by atoms with Crippen molar-refractivity contribution in [1.82, 2.24) is 20.2 Å². The summed E-state index contributed by atoms with van der Waals surface area (Å²) in [5, 5.41) is 14.0. The number of amides is 1. The molecule has 6 nitrogen and oxygen atoms in total. The van der Waals surface area contributed by atoms with Crippen LogP contribution in [0.15, 0.2) is 48.5 Å². The van der Waals surface area contributed by atoms with Crippen LogP contribution in [0.2, 0.25) is 0 Å². The molecule has 110 valence electrons. The zero-order valence-corrected chi connectivity index (χ0v) is 11.7. The zero-order valence-electron chi connectivity index (χ0n) is 11.7. The summed E-state index contributed by atoms with van der Waals surface area (Å²) in [6, 6.07) is 12.6. The molecular formula is C15H12FN5O. The number of aromatic nitrogens is 4. The number of hydrogen-bond donors (Lipinski definition) is 1. The van der Waals surface area contributed by atoms with Crippen LogP contribution in [-0.2, 0) is 7.05 Å². The molecule has 0 atom stereocenters. The first-order valence-corrected chi connectivity index (χ1v) is 6.53. The molecule has 1 N–H and O–H groups in total. The van der Waals surface area contributed by atoms with Gasteiger partial charge in [-0.15, -0.1) is 5.10 Å². The van der Waals surface area contributed by atoms with E-state index >= 15 is 0 Å². The molecule has 1 heterocycles. The van der Waals surface area contributed by atoms with Gasteiger partial charge in [0, 0.05) is 23.9 Å². The Morgan fingerprint density at radius 2 is 1.95 bits per heavy atom. The molecule has 0 aliphatic heterocycles. The first-order chi connectivity index (χ1) is 10.6. The summed E-state index contributed by atoms with van der Waals surface area (Å²) in [5.41, 5.74) is 1.70. The number of tetrazole rings is 1. The lowest BCUT2D eigenvalue weighted by molar-refractivity contribution is 0.102. The van der Waals surface area contributed by atoms with Gasteiger partial charge >= 0.3 is 0 Å². The van der Waals surface area contributed by atoms with Gasteiger partial charge < -0.3 is 5.32 Å². The van der Waals surface area contributed by atoms with Gasteiger partial charge in [0.2, 0.25) is 0 Å². The highest BCUT2D eigenvalue weighted by Gasteiger charge is 2.08. The Morgan fingerprint density at radius 1 is 1.18 bits per heavy atom. The Bertz CT molecular complexity index is 813. The molecule has 1 amide bonds. The van der Waals surface area contributed by atoms with Gasteiger partial charge in [-0.25, -0.2) is 9.07 Å². The van der Waals surface area contributed by atoms with Gasteiger partial charge in [-0.05, 0) is 52.9 Å². The quantitative estimate of drug-likeness (QED) is 0.805. The highest BCUT2D eigenvalue weighted by molar-refractivity contribution is 6.04. The van der Waals surface area contributed by atoms with E-state index in [0.29, 0.717) is 11.5 Å². The SMILES string of the molecule is Cn1nnnc1-c1ccc(NC(=O)c2cccc(F)c2)cc1. The smallest absolute Gasteiger partial charge is 0.255 e. The first-order valence-electron chi connectivity index (χ1n) is 6.53. The Morgan fingerprint density at radius 3 is 2.59 bits per heavy atom. The lowest BCUT2D eigenvalue weighted by atomic mass is 10.1. The Labute approximate surface area is 125 Å². The third-order valence-corrected chi connectivity index (χ3v) is 3.11. The molecule has 0 unspecified atom stereocenters. The van der Waals surface area contributed by atoms with Gasteiger partial charge in [0.05, 0.1) is 0 Å². The number of nitrogens with one attached hydrogen (secondary N) is 1. The van der Waals surface area contributed by atoms with E-state index in [1.54, 1.807) is 42.1 Å². The fourth-order valence-electron chi connectivity index (χ4n) is 2.01. The van der Waals surface area contributed by atoms with E-state index in [-0.39, 0.29) is 11.5 Å². The van der Waals surface area contributed by atoms with Crippen LogP contribution < -0.4 is 5.32 Å². The van der Waals surface area contributed by atoms with E-state index in [2.05, 4.69) is 20.8 Å². The van der Waals surface area contributed by atoms with Crippen molar-refractivity contribution in [2.75, 3.05) is 5.32 Å². The van der Waals surface area contributed by atoms with Gasteiger partial charge in [0.15, 0.2) is 5.82 Å². The number of hydrogen-bond acceptors (Lipinski definition) is 4. The maximum Gasteiger partial charge on any atom is 0.255 e. The monoisotopic (exact) mass is 297 g/mol. The van der Waals surface area contributed by atoms with Crippen molar-refractivity contribution < 1.29 is 9.18 Å². The van der Waals surface area contributed by atoms with Crippen LogP contribution in [0.4, 0.5) is 10.1 Å². The topological polar surface area (TPSA) is 72.7 Å². The first kappa shape index (κ1) is 13.9. The minimum Gasteiger partial charge on any atom is -0.322 e. The van der Waals surface area contributed by atoms with Gasteiger partial charge in [-0.1, -0.05) is 6.07 Å². The van der Waals surface area contributed by atoms with Crippen molar-refractivity contribution >= 4 is 11.6 Å². The largest absolute Gasteiger partial charge is 0.322 e. The molecule has 0 aliphatic carbocycles. The summed E-state index contributed by atoms with van der Waals surface area (Å²) in [5.74, 6) is -0.187. The summed E-state index contributed by atoms with van der Waals surface area (Å²) >= 11 is 0. The van der Waals surface area contributed by atoms with E-state index in [9.17, 15) is 9.18 Å². The van der Waals surface area contributed by atoms with Gasteiger partial charge in [0.1, 0.15) is 5.82 Å². The minimum absolute atomic E-state index is 0.265. The average molecular weight is 297 g/mol. The maximum atomic E-state index is 13.1. The summed E-state index contributed by atoms with van der Waals surface area (Å²) in [6.45, 7) is 0. The molecule has 0 saturated carbocycles. The molecular weight excluding hydrogens is 285 g/mol. The lowest BCUT2D eigenvalue weighted by Crippen LogP contribution is -2.11. The second-order valence-corrected chi connectivity index (χ2v) is 4.67. The van der Waals surface area contributed by atoms with Crippen molar-refractivity contribution in [2.24, 2.45) is 7.05 Å². The maximum absolute atomic E-state index is 13.1. The molecule has 3 aromatic rings. The van der Waals surface area contributed by atoms with Crippen molar-refractivity contribution in [2.45, 2.75) is 0 Å². The second kappa shape index (κ2) is 5.72. The Kier molecular flexibility index (Phi) is 3.61. The number of carbonyl (C=O) groups is 1. The summed E-state index contributed by atoms with van der Waals surface area (Å²) in [4.78, 5) is 12.0.